The quantitative estimate of drug-likeness (QED) is 0.837. The predicted octanol–water partition coefficient (Wildman–Crippen LogP) is 2.45. The van der Waals surface area contributed by atoms with Crippen molar-refractivity contribution in [3.05, 3.63) is 11.1 Å². The van der Waals surface area contributed by atoms with Gasteiger partial charge in [0.25, 0.3) is 0 Å². The first-order chi connectivity index (χ1) is 9.11. The number of amides is 1. The molecular weight excluding hydrogens is 278 g/mol. The Morgan fingerprint density at radius 3 is 2.95 bits per heavy atom. The lowest BCUT2D eigenvalue weighted by molar-refractivity contribution is -0.116. The molecule has 1 aliphatic heterocycles. The van der Waals surface area contributed by atoms with E-state index in [-0.39, 0.29) is 5.91 Å². The molecule has 1 aliphatic rings. The van der Waals surface area contributed by atoms with Crippen molar-refractivity contribution < 1.29 is 4.79 Å². The monoisotopic (exact) mass is 299 g/mol. The second-order valence-electron chi connectivity index (χ2n) is 4.82. The number of hydrogen-bond acceptors (Lipinski definition) is 5. The third-order valence-corrected chi connectivity index (χ3v) is 5.46. The molecule has 1 unspecified atom stereocenters. The van der Waals surface area contributed by atoms with Crippen LogP contribution in [-0.2, 0) is 11.3 Å². The van der Waals surface area contributed by atoms with Gasteiger partial charge >= 0.3 is 0 Å². The highest BCUT2D eigenvalue weighted by molar-refractivity contribution is 7.99. The number of carbonyl (C=O) groups excluding carboxylic acids is 1. The summed E-state index contributed by atoms with van der Waals surface area (Å²) in [6.07, 6.45) is 1.27. The molecule has 106 valence electrons. The van der Waals surface area contributed by atoms with E-state index in [0.29, 0.717) is 12.6 Å². The smallest absolute Gasteiger partial charge is 0.225 e. The highest BCUT2D eigenvalue weighted by atomic mass is 32.2. The maximum absolute atomic E-state index is 11.5. The Balaban J connectivity index is 1.98. The first-order valence-electron chi connectivity index (χ1n) is 6.62. The molecular formula is C13H21N3OS2. The number of anilines is 1. The van der Waals surface area contributed by atoms with E-state index < -0.39 is 0 Å². The van der Waals surface area contributed by atoms with Gasteiger partial charge in [-0.15, -0.1) is 11.3 Å². The normalized spacial score (nSPS) is 19.1. The number of thioether (sulfide) groups is 1. The number of rotatable bonds is 5. The van der Waals surface area contributed by atoms with E-state index >= 15 is 0 Å². The van der Waals surface area contributed by atoms with E-state index in [9.17, 15) is 4.79 Å². The highest BCUT2D eigenvalue weighted by Gasteiger charge is 2.21. The number of hydrogen-bond donors (Lipinski definition) is 0. The third kappa shape index (κ3) is 3.70. The molecule has 2 rings (SSSR count). The van der Waals surface area contributed by atoms with Crippen molar-refractivity contribution in [2.75, 3.05) is 30.0 Å². The van der Waals surface area contributed by atoms with Gasteiger partial charge in [0.1, 0.15) is 0 Å². The Kier molecular flexibility index (Phi) is 5.24. The third-order valence-electron chi connectivity index (χ3n) is 3.41. The van der Waals surface area contributed by atoms with Gasteiger partial charge in [-0.05, 0) is 26.1 Å². The molecule has 1 aromatic heterocycles. The molecule has 0 radical (unpaired) electrons. The zero-order valence-corrected chi connectivity index (χ0v) is 13.4. The largest absolute Gasteiger partial charge is 0.297 e. The zero-order valence-electron chi connectivity index (χ0n) is 11.8. The molecule has 4 nitrogen and oxygen atoms in total. The zero-order chi connectivity index (χ0) is 13.8. The fourth-order valence-electron chi connectivity index (χ4n) is 2.24. The molecule has 0 aliphatic carbocycles. The summed E-state index contributed by atoms with van der Waals surface area (Å²) < 4.78 is 0. The van der Waals surface area contributed by atoms with Gasteiger partial charge in [-0.2, -0.15) is 11.8 Å². The molecule has 0 saturated carbocycles. The van der Waals surface area contributed by atoms with Crippen LogP contribution in [-0.4, -0.2) is 46.9 Å². The fourth-order valence-corrected chi connectivity index (χ4v) is 4.46. The van der Waals surface area contributed by atoms with Crippen LogP contribution in [0.1, 0.15) is 26.0 Å². The maximum atomic E-state index is 11.5. The Morgan fingerprint density at radius 1 is 1.58 bits per heavy atom. The molecule has 1 saturated heterocycles. The molecule has 1 atom stereocenters. The summed E-state index contributed by atoms with van der Waals surface area (Å²) in [4.78, 5) is 20.2. The summed E-state index contributed by atoms with van der Waals surface area (Å²) in [5, 5.41) is 2.89. The first-order valence-corrected chi connectivity index (χ1v) is 8.65. The predicted molar refractivity (Wildman–Crippen MR) is 83.0 cm³/mol. The number of nitrogens with zero attached hydrogens (tertiary/aromatic N) is 3. The van der Waals surface area contributed by atoms with Gasteiger partial charge in [-0.25, -0.2) is 4.98 Å². The van der Waals surface area contributed by atoms with Crippen LogP contribution in [0.5, 0.6) is 0 Å². The van der Waals surface area contributed by atoms with Crippen LogP contribution in [0.25, 0.3) is 0 Å². The van der Waals surface area contributed by atoms with Crippen LogP contribution in [0, 0.1) is 0 Å². The van der Waals surface area contributed by atoms with Crippen LogP contribution in [0.3, 0.4) is 0 Å². The van der Waals surface area contributed by atoms with E-state index in [4.69, 9.17) is 0 Å². The Hall–Kier alpha value is -0.590. The average Bonchev–Trinajstić information content (AvgIpc) is 3.00. The lowest BCUT2D eigenvalue weighted by atomic mass is 10.2. The van der Waals surface area contributed by atoms with Gasteiger partial charge in [0.15, 0.2) is 5.13 Å². The van der Waals surface area contributed by atoms with E-state index in [0.717, 1.165) is 17.4 Å². The Labute approximate surface area is 123 Å². The lowest BCUT2D eigenvalue weighted by Crippen LogP contribution is -2.31. The summed E-state index contributed by atoms with van der Waals surface area (Å²) in [5.74, 6) is 2.55. The minimum Gasteiger partial charge on any atom is -0.297 e. The molecule has 1 aromatic rings. The molecule has 0 spiro atoms. The number of aromatic nitrogens is 1. The summed E-state index contributed by atoms with van der Waals surface area (Å²) in [6, 6.07) is 0.672. The molecule has 1 amide bonds. The van der Waals surface area contributed by atoms with Crippen LogP contribution >= 0.6 is 23.1 Å². The minimum atomic E-state index is 0.0592. The van der Waals surface area contributed by atoms with Crippen molar-refractivity contribution in [2.45, 2.75) is 32.9 Å². The van der Waals surface area contributed by atoms with Crippen molar-refractivity contribution in [1.82, 2.24) is 9.88 Å². The molecule has 0 N–H and O–H groups in total. The Bertz CT molecular complexity index is 429. The molecule has 1 fully saturated rings. The molecule has 6 heteroatoms. The number of carbonyl (C=O) groups is 1. The van der Waals surface area contributed by atoms with Gasteiger partial charge in [-0.1, -0.05) is 0 Å². The van der Waals surface area contributed by atoms with E-state index in [1.165, 1.54) is 17.9 Å². The van der Waals surface area contributed by atoms with Crippen molar-refractivity contribution in [1.29, 1.82) is 0 Å². The highest BCUT2D eigenvalue weighted by Crippen LogP contribution is 2.25. The maximum Gasteiger partial charge on any atom is 0.225 e. The molecule has 0 bridgehead atoms. The van der Waals surface area contributed by atoms with E-state index in [1.807, 2.05) is 18.7 Å². The standard InChI is InChI=1S/C13H21N3OS2/c1-4-16(10(2)17)13-14-11(8-19-13)7-15(3)12-5-6-18-9-12/h8,12H,4-7,9H2,1-3H3. The minimum absolute atomic E-state index is 0.0592. The van der Waals surface area contributed by atoms with Gasteiger partial charge in [0.05, 0.1) is 5.69 Å². The van der Waals surface area contributed by atoms with Crippen LogP contribution < -0.4 is 4.90 Å². The van der Waals surface area contributed by atoms with Gasteiger partial charge in [0, 0.05) is 37.2 Å². The summed E-state index contributed by atoms with van der Waals surface area (Å²) in [6.45, 7) is 5.12. The van der Waals surface area contributed by atoms with E-state index in [1.54, 1.807) is 23.2 Å². The van der Waals surface area contributed by atoms with Gasteiger partial charge in [0.2, 0.25) is 5.91 Å². The van der Waals surface area contributed by atoms with Crippen LogP contribution in [0.2, 0.25) is 0 Å². The fraction of sp³-hybridized carbons (Fsp3) is 0.692. The second-order valence-corrected chi connectivity index (χ2v) is 6.80. The van der Waals surface area contributed by atoms with Gasteiger partial charge < -0.3 is 0 Å². The van der Waals surface area contributed by atoms with Gasteiger partial charge in [-0.3, -0.25) is 14.6 Å². The summed E-state index contributed by atoms with van der Waals surface area (Å²) >= 11 is 3.58. The summed E-state index contributed by atoms with van der Waals surface area (Å²) in [7, 11) is 2.16. The second kappa shape index (κ2) is 6.72. The topological polar surface area (TPSA) is 36.4 Å². The number of thiazole rings is 1. The van der Waals surface area contributed by atoms with Crippen molar-refractivity contribution >= 4 is 34.1 Å². The first kappa shape index (κ1) is 14.8. The molecule has 0 aromatic carbocycles. The van der Waals surface area contributed by atoms with E-state index in [2.05, 4.69) is 22.3 Å². The van der Waals surface area contributed by atoms with Crippen molar-refractivity contribution in [3.8, 4) is 0 Å². The summed E-state index contributed by atoms with van der Waals surface area (Å²) in [5.41, 5.74) is 1.07. The van der Waals surface area contributed by atoms with Crippen LogP contribution in [0.4, 0.5) is 5.13 Å². The molecule has 2 heterocycles. The SMILES string of the molecule is CCN(C(C)=O)c1nc(CN(C)C2CCSC2)cs1. The van der Waals surface area contributed by atoms with Crippen LogP contribution in [0.15, 0.2) is 5.38 Å². The Morgan fingerprint density at radius 2 is 2.37 bits per heavy atom. The average molecular weight is 299 g/mol. The van der Waals surface area contributed by atoms with Crippen molar-refractivity contribution in [3.63, 3.8) is 0 Å². The molecule has 19 heavy (non-hydrogen) atoms. The lowest BCUT2D eigenvalue weighted by Gasteiger charge is -2.22. The van der Waals surface area contributed by atoms with Crippen molar-refractivity contribution in [2.24, 2.45) is 0 Å².